The van der Waals surface area contributed by atoms with Crippen molar-refractivity contribution in [2.24, 2.45) is 0 Å². The van der Waals surface area contributed by atoms with Crippen LogP contribution in [0.1, 0.15) is 30.0 Å². The molecule has 0 fully saturated rings. The van der Waals surface area contributed by atoms with Crippen molar-refractivity contribution in [2.75, 3.05) is 0 Å². The van der Waals surface area contributed by atoms with Gasteiger partial charge in [0.05, 0.1) is 5.69 Å². The molecule has 0 spiro atoms. The van der Waals surface area contributed by atoms with Gasteiger partial charge in [-0.3, -0.25) is 4.79 Å². The van der Waals surface area contributed by atoms with Crippen LogP contribution in [0.5, 0.6) is 0 Å². The minimum absolute atomic E-state index is 0.262. The highest BCUT2D eigenvalue weighted by molar-refractivity contribution is 5.71. The monoisotopic (exact) mass is 167 g/mol. The van der Waals surface area contributed by atoms with Gasteiger partial charge in [0.25, 0.3) is 0 Å². The summed E-state index contributed by atoms with van der Waals surface area (Å²) in [5.74, 6) is 0. The zero-order valence-electron chi connectivity index (χ0n) is 7.04. The summed E-state index contributed by atoms with van der Waals surface area (Å²) in [5, 5.41) is 0. The number of carbonyl (C=O) groups is 1. The van der Waals surface area contributed by atoms with Crippen molar-refractivity contribution in [1.82, 2.24) is 4.98 Å². The molecule has 0 bridgehead atoms. The Labute approximate surface area is 70.4 Å². The number of nitrogens with zero attached hydrogens (tertiary/aromatic N) is 1. The van der Waals surface area contributed by atoms with Gasteiger partial charge in [-0.25, -0.2) is 9.37 Å². The third kappa shape index (κ3) is 1.87. The van der Waals surface area contributed by atoms with Crippen LogP contribution in [0, 0.1) is 0 Å². The molecule has 2 nitrogen and oxygen atoms in total. The Balaban J connectivity index is 3.10. The summed E-state index contributed by atoms with van der Waals surface area (Å²) in [6, 6.07) is 4.72. The van der Waals surface area contributed by atoms with E-state index < -0.39 is 5.67 Å². The van der Waals surface area contributed by atoms with Crippen LogP contribution in [-0.2, 0) is 5.67 Å². The molecule has 0 aliphatic carbocycles. The molecule has 0 unspecified atom stereocenters. The van der Waals surface area contributed by atoms with Crippen molar-refractivity contribution in [3.05, 3.63) is 29.6 Å². The normalized spacial score (nSPS) is 11.2. The first-order chi connectivity index (χ1) is 5.54. The highest BCUT2D eigenvalue weighted by atomic mass is 19.1. The number of hydrogen-bond acceptors (Lipinski definition) is 2. The van der Waals surface area contributed by atoms with E-state index in [1.165, 1.54) is 13.8 Å². The van der Waals surface area contributed by atoms with Crippen molar-refractivity contribution in [3.8, 4) is 0 Å². The van der Waals surface area contributed by atoms with E-state index in [-0.39, 0.29) is 11.4 Å². The summed E-state index contributed by atoms with van der Waals surface area (Å²) < 4.78 is 13.3. The molecule has 1 aromatic rings. The molecule has 0 saturated carbocycles. The standard InChI is InChI=1S/C9H10FNO/c1-9(2,10)8-5-3-4-7(6-12)11-8/h3-6H,1-2H3. The fourth-order valence-corrected chi connectivity index (χ4v) is 0.848. The molecule has 0 aliphatic rings. The van der Waals surface area contributed by atoms with Crippen molar-refractivity contribution in [2.45, 2.75) is 19.5 Å². The van der Waals surface area contributed by atoms with Crippen LogP contribution in [0.2, 0.25) is 0 Å². The zero-order valence-corrected chi connectivity index (χ0v) is 7.04. The molecule has 1 aromatic heterocycles. The fraction of sp³-hybridized carbons (Fsp3) is 0.333. The zero-order chi connectivity index (χ0) is 9.19. The summed E-state index contributed by atoms with van der Waals surface area (Å²) in [6.45, 7) is 2.81. The van der Waals surface area contributed by atoms with Crippen molar-refractivity contribution < 1.29 is 9.18 Å². The number of aromatic nitrogens is 1. The number of carbonyl (C=O) groups excluding carboxylic acids is 1. The van der Waals surface area contributed by atoms with Gasteiger partial charge in [-0.05, 0) is 26.0 Å². The predicted molar refractivity (Wildman–Crippen MR) is 43.8 cm³/mol. The average Bonchev–Trinajstić information content (AvgIpc) is 2.03. The van der Waals surface area contributed by atoms with Crippen LogP contribution >= 0.6 is 0 Å². The Morgan fingerprint density at radius 3 is 2.67 bits per heavy atom. The molecule has 0 saturated heterocycles. The van der Waals surface area contributed by atoms with Crippen LogP contribution in [-0.4, -0.2) is 11.3 Å². The maximum atomic E-state index is 13.3. The van der Waals surface area contributed by atoms with E-state index in [1.807, 2.05) is 0 Å². The quantitative estimate of drug-likeness (QED) is 0.631. The van der Waals surface area contributed by atoms with Gasteiger partial charge in [0.2, 0.25) is 0 Å². The van der Waals surface area contributed by atoms with Crippen LogP contribution in [0.4, 0.5) is 4.39 Å². The molecule has 0 aromatic carbocycles. The molecule has 0 amide bonds. The average molecular weight is 167 g/mol. The molecule has 1 heterocycles. The second-order valence-electron chi connectivity index (χ2n) is 3.04. The third-order valence-corrected chi connectivity index (χ3v) is 1.50. The summed E-state index contributed by atoms with van der Waals surface area (Å²) in [5.41, 5.74) is -0.940. The summed E-state index contributed by atoms with van der Waals surface area (Å²) in [7, 11) is 0. The predicted octanol–water partition coefficient (Wildman–Crippen LogP) is 2.10. The number of aldehydes is 1. The van der Waals surface area contributed by atoms with E-state index >= 15 is 0 Å². The lowest BCUT2D eigenvalue weighted by atomic mass is 10.1. The maximum Gasteiger partial charge on any atom is 0.168 e. The lowest BCUT2D eigenvalue weighted by Gasteiger charge is -2.12. The SMILES string of the molecule is CC(C)(F)c1cccc(C=O)n1. The van der Waals surface area contributed by atoms with Crippen molar-refractivity contribution in [1.29, 1.82) is 0 Å². The summed E-state index contributed by atoms with van der Waals surface area (Å²) in [6.07, 6.45) is 0.606. The molecule has 0 N–H and O–H groups in total. The molecule has 0 aliphatic heterocycles. The fourth-order valence-electron chi connectivity index (χ4n) is 0.848. The first-order valence-electron chi connectivity index (χ1n) is 3.65. The van der Waals surface area contributed by atoms with E-state index in [4.69, 9.17) is 0 Å². The number of pyridine rings is 1. The van der Waals surface area contributed by atoms with E-state index in [0.717, 1.165) is 0 Å². The Morgan fingerprint density at radius 2 is 2.17 bits per heavy atom. The van der Waals surface area contributed by atoms with Gasteiger partial charge in [0, 0.05) is 0 Å². The van der Waals surface area contributed by atoms with Crippen molar-refractivity contribution >= 4 is 6.29 Å². The molecule has 64 valence electrons. The summed E-state index contributed by atoms with van der Waals surface area (Å²) in [4.78, 5) is 14.1. The Morgan fingerprint density at radius 1 is 1.50 bits per heavy atom. The van der Waals surface area contributed by atoms with Crippen LogP contribution in [0.25, 0.3) is 0 Å². The highest BCUT2D eigenvalue weighted by Gasteiger charge is 2.20. The van der Waals surface area contributed by atoms with Gasteiger partial charge in [0.15, 0.2) is 6.29 Å². The van der Waals surface area contributed by atoms with Gasteiger partial charge in [-0.15, -0.1) is 0 Å². The van der Waals surface area contributed by atoms with Gasteiger partial charge >= 0.3 is 0 Å². The lowest BCUT2D eigenvalue weighted by Crippen LogP contribution is -2.12. The number of hydrogen-bond donors (Lipinski definition) is 0. The smallest absolute Gasteiger partial charge is 0.168 e. The minimum atomic E-state index is -1.49. The largest absolute Gasteiger partial charge is 0.296 e. The van der Waals surface area contributed by atoms with Crippen LogP contribution < -0.4 is 0 Å². The Kier molecular flexibility index (Phi) is 2.22. The van der Waals surface area contributed by atoms with Crippen LogP contribution in [0.15, 0.2) is 18.2 Å². The number of alkyl halides is 1. The number of halogens is 1. The second-order valence-corrected chi connectivity index (χ2v) is 3.04. The van der Waals surface area contributed by atoms with E-state index in [0.29, 0.717) is 6.29 Å². The molecule has 1 rings (SSSR count). The Hall–Kier alpha value is -1.25. The maximum absolute atomic E-state index is 13.3. The van der Waals surface area contributed by atoms with Gasteiger partial charge < -0.3 is 0 Å². The topological polar surface area (TPSA) is 30.0 Å². The van der Waals surface area contributed by atoms with Gasteiger partial charge in [0.1, 0.15) is 11.4 Å². The van der Waals surface area contributed by atoms with E-state index in [1.54, 1.807) is 18.2 Å². The first-order valence-corrected chi connectivity index (χ1v) is 3.65. The van der Waals surface area contributed by atoms with Gasteiger partial charge in [-0.1, -0.05) is 6.07 Å². The molecule has 0 radical (unpaired) electrons. The summed E-state index contributed by atoms with van der Waals surface area (Å²) >= 11 is 0. The minimum Gasteiger partial charge on any atom is -0.296 e. The van der Waals surface area contributed by atoms with Crippen LogP contribution in [0.3, 0.4) is 0 Å². The molecule has 3 heteroatoms. The van der Waals surface area contributed by atoms with E-state index in [9.17, 15) is 9.18 Å². The lowest BCUT2D eigenvalue weighted by molar-refractivity contribution is 0.111. The third-order valence-electron chi connectivity index (χ3n) is 1.50. The Bertz CT molecular complexity index is 291. The highest BCUT2D eigenvalue weighted by Crippen LogP contribution is 2.21. The molecule has 12 heavy (non-hydrogen) atoms. The van der Waals surface area contributed by atoms with Crippen molar-refractivity contribution in [3.63, 3.8) is 0 Å². The number of rotatable bonds is 2. The second kappa shape index (κ2) is 3.01. The molecular weight excluding hydrogens is 157 g/mol. The van der Waals surface area contributed by atoms with Gasteiger partial charge in [-0.2, -0.15) is 0 Å². The molecule has 0 atom stereocenters. The molecular formula is C9H10FNO. The first kappa shape index (κ1) is 8.84. The van der Waals surface area contributed by atoms with E-state index in [2.05, 4.69) is 4.98 Å².